The number of amides is 1. The number of rotatable bonds is 6. The highest BCUT2D eigenvalue weighted by molar-refractivity contribution is 5.96. The predicted molar refractivity (Wildman–Crippen MR) is 73.7 cm³/mol. The molecular formula is C14H22N2O4. The van der Waals surface area contributed by atoms with Gasteiger partial charge in [0, 0.05) is 19.0 Å². The molecule has 0 saturated heterocycles. The fraction of sp³-hybridized carbons (Fsp3) is 0.643. The second kappa shape index (κ2) is 6.54. The Kier molecular flexibility index (Phi) is 5.30. The molecule has 1 unspecified atom stereocenters. The zero-order chi connectivity index (χ0) is 15.4. The van der Waals surface area contributed by atoms with Gasteiger partial charge in [-0.2, -0.15) is 0 Å². The van der Waals surface area contributed by atoms with Crippen molar-refractivity contribution in [3.63, 3.8) is 0 Å². The van der Waals surface area contributed by atoms with Gasteiger partial charge in [0.25, 0.3) is 5.91 Å². The number of carbonyl (C=O) groups is 2. The molecular weight excluding hydrogens is 260 g/mol. The Bertz CT molecular complexity index is 493. The summed E-state index contributed by atoms with van der Waals surface area (Å²) in [5.41, 5.74) is 1.000. The summed E-state index contributed by atoms with van der Waals surface area (Å²) in [7, 11) is 0. The number of carboxylic acid groups (broad SMARTS) is 1. The normalized spacial score (nSPS) is 12.5. The lowest BCUT2D eigenvalue weighted by atomic mass is 10.0. The van der Waals surface area contributed by atoms with E-state index in [1.807, 2.05) is 20.8 Å². The molecule has 0 saturated carbocycles. The van der Waals surface area contributed by atoms with E-state index in [0.717, 1.165) is 0 Å². The van der Waals surface area contributed by atoms with E-state index in [1.54, 1.807) is 13.8 Å². The third-order valence-corrected chi connectivity index (χ3v) is 3.21. The van der Waals surface area contributed by atoms with Crippen LogP contribution in [0.5, 0.6) is 0 Å². The standard InChI is InChI=1S/C14H22N2O4/c1-6-16(7-9(4)14(18)19)13(17)11-10(5)15-20-12(11)8(2)3/h8-9H,6-7H2,1-5H3,(H,18,19). The first kappa shape index (κ1) is 16.2. The summed E-state index contributed by atoms with van der Waals surface area (Å²) >= 11 is 0. The quantitative estimate of drug-likeness (QED) is 0.865. The smallest absolute Gasteiger partial charge is 0.308 e. The molecule has 1 rings (SSSR count). The molecule has 1 amide bonds. The van der Waals surface area contributed by atoms with Crippen molar-refractivity contribution in [3.8, 4) is 0 Å². The number of nitrogens with zero attached hydrogens (tertiary/aromatic N) is 2. The largest absolute Gasteiger partial charge is 0.481 e. The van der Waals surface area contributed by atoms with E-state index in [9.17, 15) is 9.59 Å². The van der Waals surface area contributed by atoms with Crippen LogP contribution in [0.1, 0.15) is 55.4 Å². The first-order valence-corrected chi connectivity index (χ1v) is 6.77. The zero-order valence-electron chi connectivity index (χ0n) is 12.6. The van der Waals surface area contributed by atoms with Crippen molar-refractivity contribution in [3.05, 3.63) is 17.0 Å². The Morgan fingerprint density at radius 2 is 1.95 bits per heavy atom. The minimum absolute atomic E-state index is 0.0470. The highest BCUT2D eigenvalue weighted by Gasteiger charge is 2.27. The van der Waals surface area contributed by atoms with Crippen molar-refractivity contribution in [1.82, 2.24) is 10.1 Å². The summed E-state index contributed by atoms with van der Waals surface area (Å²) in [5, 5.41) is 12.8. The third kappa shape index (κ3) is 3.37. The van der Waals surface area contributed by atoms with Gasteiger partial charge in [0.05, 0.1) is 11.6 Å². The summed E-state index contributed by atoms with van der Waals surface area (Å²) in [6.07, 6.45) is 0. The number of hydrogen-bond donors (Lipinski definition) is 1. The fourth-order valence-corrected chi connectivity index (χ4v) is 1.96. The summed E-state index contributed by atoms with van der Waals surface area (Å²) in [5.74, 6) is -1.15. The van der Waals surface area contributed by atoms with Crippen LogP contribution in [0, 0.1) is 12.8 Å². The Hall–Kier alpha value is -1.85. The van der Waals surface area contributed by atoms with Crippen LogP contribution in [0.25, 0.3) is 0 Å². The lowest BCUT2D eigenvalue weighted by molar-refractivity contribution is -0.141. The average molecular weight is 282 g/mol. The Balaban J connectivity index is 3.03. The number of hydrogen-bond acceptors (Lipinski definition) is 4. The summed E-state index contributed by atoms with van der Waals surface area (Å²) < 4.78 is 5.21. The van der Waals surface area contributed by atoms with E-state index in [1.165, 1.54) is 4.90 Å². The SMILES string of the molecule is CCN(CC(C)C(=O)O)C(=O)c1c(C)noc1C(C)C. The highest BCUT2D eigenvalue weighted by Crippen LogP contribution is 2.24. The predicted octanol–water partition coefficient (Wildman–Crippen LogP) is 2.29. The molecule has 1 atom stereocenters. The van der Waals surface area contributed by atoms with Gasteiger partial charge >= 0.3 is 5.97 Å². The molecule has 1 heterocycles. The van der Waals surface area contributed by atoms with Crippen LogP contribution in [-0.4, -0.2) is 40.1 Å². The van der Waals surface area contributed by atoms with Crippen molar-refractivity contribution in [2.45, 2.75) is 40.5 Å². The summed E-state index contributed by atoms with van der Waals surface area (Å²) in [4.78, 5) is 25.0. The van der Waals surface area contributed by atoms with Crippen LogP contribution < -0.4 is 0 Å². The van der Waals surface area contributed by atoms with E-state index in [-0.39, 0.29) is 18.4 Å². The van der Waals surface area contributed by atoms with Crippen LogP contribution in [0.2, 0.25) is 0 Å². The fourth-order valence-electron chi connectivity index (χ4n) is 1.96. The number of aromatic nitrogens is 1. The topological polar surface area (TPSA) is 83.6 Å². The van der Waals surface area contributed by atoms with Gasteiger partial charge in [-0.1, -0.05) is 25.9 Å². The molecule has 0 spiro atoms. The van der Waals surface area contributed by atoms with Crippen LogP contribution in [0.4, 0.5) is 0 Å². The lowest BCUT2D eigenvalue weighted by Gasteiger charge is -2.23. The molecule has 0 aliphatic heterocycles. The highest BCUT2D eigenvalue weighted by atomic mass is 16.5. The number of carboxylic acids is 1. The molecule has 20 heavy (non-hydrogen) atoms. The average Bonchev–Trinajstić information content (AvgIpc) is 2.76. The Labute approximate surface area is 118 Å². The molecule has 1 aromatic heterocycles. The van der Waals surface area contributed by atoms with E-state index in [0.29, 0.717) is 23.6 Å². The van der Waals surface area contributed by atoms with Crippen LogP contribution in [-0.2, 0) is 4.79 Å². The first-order chi connectivity index (χ1) is 9.29. The molecule has 0 aliphatic carbocycles. The third-order valence-electron chi connectivity index (χ3n) is 3.21. The molecule has 0 fully saturated rings. The van der Waals surface area contributed by atoms with Crippen LogP contribution in [0.3, 0.4) is 0 Å². The molecule has 112 valence electrons. The van der Waals surface area contributed by atoms with Gasteiger partial charge in [0.2, 0.25) is 0 Å². The number of carbonyl (C=O) groups excluding carboxylic acids is 1. The van der Waals surface area contributed by atoms with Crippen molar-refractivity contribution < 1.29 is 19.2 Å². The number of aliphatic carboxylic acids is 1. The van der Waals surface area contributed by atoms with Crippen LogP contribution in [0.15, 0.2) is 4.52 Å². The van der Waals surface area contributed by atoms with Crippen LogP contribution >= 0.6 is 0 Å². The molecule has 0 aliphatic rings. The van der Waals surface area contributed by atoms with Crippen molar-refractivity contribution in [2.75, 3.05) is 13.1 Å². The number of aryl methyl sites for hydroxylation is 1. The summed E-state index contributed by atoms with van der Waals surface area (Å²) in [6.45, 7) is 9.59. The molecule has 0 aromatic carbocycles. The maximum Gasteiger partial charge on any atom is 0.308 e. The van der Waals surface area contributed by atoms with Gasteiger partial charge in [-0.05, 0) is 13.8 Å². The lowest BCUT2D eigenvalue weighted by Crippen LogP contribution is -2.37. The van der Waals surface area contributed by atoms with Gasteiger partial charge in [-0.25, -0.2) is 0 Å². The van der Waals surface area contributed by atoms with Gasteiger partial charge in [-0.3, -0.25) is 9.59 Å². The molecule has 6 nitrogen and oxygen atoms in total. The Morgan fingerprint density at radius 3 is 2.40 bits per heavy atom. The van der Waals surface area contributed by atoms with Crippen molar-refractivity contribution >= 4 is 11.9 Å². The minimum atomic E-state index is -0.914. The molecule has 0 bridgehead atoms. The second-order valence-electron chi connectivity index (χ2n) is 5.25. The maximum absolute atomic E-state index is 12.6. The Morgan fingerprint density at radius 1 is 1.35 bits per heavy atom. The van der Waals surface area contributed by atoms with Crippen molar-refractivity contribution in [2.24, 2.45) is 5.92 Å². The molecule has 6 heteroatoms. The van der Waals surface area contributed by atoms with Gasteiger partial charge in [-0.15, -0.1) is 0 Å². The van der Waals surface area contributed by atoms with E-state index < -0.39 is 11.9 Å². The van der Waals surface area contributed by atoms with E-state index in [2.05, 4.69) is 5.16 Å². The molecule has 1 N–H and O–H groups in total. The monoisotopic (exact) mass is 282 g/mol. The van der Waals surface area contributed by atoms with Gasteiger partial charge in [0.15, 0.2) is 5.76 Å². The summed E-state index contributed by atoms with van der Waals surface area (Å²) in [6, 6.07) is 0. The zero-order valence-corrected chi connectivity index (χ0v) is 12.6. The van der Waals surface area contributed by atoms with E-state index in [4.69, 9.17) is 9.63 Å². The maximum atomic E-state index is 12.6. The second-order valence-corrected chi connectivity index (χ2v) is 5.25. The molecule has 1 aromatic rings. The van der Waals surface area contributed by atoms with Gasteiger partial charge in [0.1, 0.15) is 5.56 Å². The van der Waals surface area contributed by atoms with Gasteiger partial charge < -0.3 is 14.5 Å². The van der Waals surface area contributed by atoms with Crippen molar-refractivity contribution in [1.29, 1.82) is 0 Å². The first-order valence-electron chi connectivity index (χ1n) is 6.77. The molecule has 0 radical (unpaired) electrons. The minimum Gasteiger partial charge on any atom is -0.481 e. The van der Waals surface area contributed by atoms with E-state index >= 15 is 0 Å².